The van der Waals surface area contributed by atoms with E-state index in [0.29, 0.717) is 123 Å². The van der Waals surface area contributed by atoms with E-state index in [4.69, 9.17) is 53.0 Å². The molecule has 0 saturated heterocycles. The summed E-state index contributed by atoms with van der Waals surface area (Å²) in [7, 11) is -4.14. The highest BCUT2D eigenvalue weighted by Gasteiger charge is 2.31. The molecular formula is C71H112N10O20S. The number of para-hydroxylation sites is 1. The number of hydrogen-bond donors (Lipinski definition) is 10. The van der Waals surface area contributed by atoms with E-state index in [9.17, 15) is 46.8 Å². The monoisotopic (exact) mass is 1460 g/mol. The van der Waals surface area contributed by atoms with Crippen molar-refractivity contribution in [2.24, 2.45) is 17.7 Å². The van der Waals surface area contributed by atoms with Crippen LogP contribution in [0.3, 0.4) is 0 Å². The lowest BCUT2D eigenvalue weighted by molar-refractivity contribution is -0.134. The molecule has 4 rings (SSSR count). The molecule has 2 aromatic carbocycles. The largest absolute Gasteiger partial charge is 0.385 e. The second-order valence-electron chi connectivity index (χ2n) is 25.0. The van der Waals surface area contributed by atoms with Gasteiger partial charge in [-0.1, -0.05) is 95.6 Å². The number of carbonyl (C=O) groups excluding carboxylic acids is 8. The number of nitrogens with one attached hydrogen (secondary N) is 8. The third-order valence-corrected chi connectivity index (χ3v) is 16.8. The summed E-state index contributed by atoms with van der Waals surface area (Å²) in [6.07, 6.45) is 5.67. The zero-order valence-corrected chi connectivity index (χ0v) is 61.0. The number of unbranched alkanes of at least 4 members (excludes halogenated alkanes) is 2. The number of ketones is 1. The standard InChI is InChI=1S/C71H112N10O20S/c1-52(2)67(71(89)77-54(5)69(87)53(3)4)79-70(88)59(78-64(84)28-34-94-38-42-98-46-48-100-44-40-96-36-31-75-62(82)25-26-66(86)81-50-57-18-12-11-16-55(57)23-24-56-17-13-14-21-60(56)81)20-9-7-15-29-74-65(85)51-101-61-22-10-6-8-19-58(68(61)80-72)73-30-35-95-39-43-99-47-45-97-41-37-93-33-27-63(83)76-32-49-102(90,91)92/h11-14,16-18,21,52-54,59,61,67,73,80H,6-10,15,19-20,22,25-51,72H2,1-5H3,(H,74,85)(H,75,82)(H,76,83)(H,77,89)(H,78,84)(H,79,88)(H,90,91,92)/b68-58-/t54-,59+,61?,67-/m0/s1. The Kier molecular flexibility index (Phi) is 44.4. The minimum absolute atomic E-state index is 0.0293. The Balaban J connectivity index is 1.08. The van der Waals surface area contributed by atoms with Gasteiger partial charge in [-0.2, -0.15) is 8.42 Å². The number of amides is 7. The van der Waals surface area contributed by atoms with Crippen LogP contribution in [0.2, 0.25) is 0 Å². The van der Waals surface area contributed by atoms with Crippen LogP contribution in [0.1, 0.15) is 135 Å². The molecule has 102 heavy (non-hydrogen) atoms. The highest BCUT2D eigenvalue weighted by molar-refractivity contribution is 7.85. The lowest BCUT2D eigenvalue weighted by Crippen LogP contribution is -2.57. The predicted octanol–water partition coefficient (Wildman–Crippen LogP) is 2.39. The number of nitrogens with zero attached hydrogens (tertiary/aromatic N) is 1. The van der Waals surface area contributed by atoms with Crippen LogP contribution in [0.25, 0.3) is 0 Å². The fraction of sp³-hybridized carbons (Fsp3) is 0.662. The molecule has 31 heteroatoms. The predicted molar refractivity (Wildman–Crippen MR) is 380 cm³/mol. The molecule has 0 bridgehead atoms. The van der Waals surface area contributed by atoms with Crippen molar-refractivity contribution in [3.05, 3.63) is 76.6 Å². The maximum Gasteiger partial charge on any atom is 0.266 e. The number of fused-ring (bicyclic) bond motifs is 2. The highest BCUT2D eigenvalue weighted by atomic mass is 32.2. The molecule has 1 heterocycles. The van der Waals surface area contributed by atoms with Gasteiger partial charge in [0.1, 0.15) is 24.8 Å². The molecule has 30 nitrogen and oxygen atoms in total. The number of rotatable bonds is 55. The van der Waals surface area contributed by atoms with Crippen molar-refractivity contribution in [2.45, 2.75) is 149 Å². The minimum Gasteiger partial charge on any atom is -0.385 e. The second kappa shape index (κ2) is 51.9. The Labute approximate surface area is 601 Å². The molecule has 4 atom stereocenters. The van der Waals surface area contributed by atoms with Gasteiger partial charge in [0.05, 0.1) is 135 Å². The summed E-state index contributed by atoms with van der Waals surface area (Å²) in [5, 5.41) is 19.9. The third kappa shape index (κ3) is 37.8. The first kappa shape index (κ1) is 87.2. The Bertz CT molecular complexity index is 3070. The van der Waals surface area contributed by atoms with Crippen LogP contribution in [0.15, 0.2) is 59.9 Å². The van der Waals surface area contributed by atoms with Gasteiger partial charge in [-0.25, -0.2) is 0 Å². The first-order valence-electron chi connectivity index (χ1n) is 35.5. The maximum absolute atomic E-state index is 13.9. The van der Waals surface area contributed by atoms with E-state index in [-0.39, 0.29) is 133 Å². The van der Waals surface area contributed by atoms with Crippen molar-refractivity contribution in [3.63, 3.8) is 0 Å². The molecule has 0 radical (unpaired) electrons. The van der Waals surface area contributed by atoms with E-state index >= 15 is 0 Å². The second-order valence-corrected chi connectivity index (χ2v) is 26.6. The average Bonchev–Trinajstić information content (AvgIpc) is 0.811. The molecule has 2 aliphatic rings. The normalized spacial score (nSPS) is 15.3. The molecule has 1 unspecified atom stereocenters. The van der Waals surface area contributed by atoms with Gasteiger partial charge in [-0.15, -0.1) is 0 Å². The summed E-state index contributed by atoms with van der Waals surface area (Å²) in [4.78, 5) is 106. The molecular weight excluding hydrogens is 1340 g/mol. The average molecular weight is 1460 g/mol. The Morgan fingerprint density at radius 1 is 0.569 bits per heavy atom. The number of hydrogen-bond acceptors (Lipinski definition) is 22. The lowest BCUT2D eigenvalue weighted by Gasteiger charge is -2.27. The Hall–Kier alpha value is -7.19. The van der Waals surface area contributed by atoms with E-state index in [1.165, 1.54) is 0 Å². The van der Waals surface area contributed by atoms with Crippen molar-refractivity contribution in [1.82, 2.24) is 42.6 Å². The fourth-order valence-corrected chi connectivity index (χ4v) is 10.9. The molecule has 0 aromatic heterocycles. The van der Waals surface area contributed by atoms with E-state index in [1.807, 2.05) is 48.5 Å². The zero-order chi connectivity index (χ0) is 74.2. The van der Waals surface area contributed by atoms with Gasteiger partial charge in [-0.05, 0) is 68.7 Å². The fourth-order valence-electron chi connectivity index (χ4n) is 10.6. The SMILES string of the molecule is CC(C)C(=O)[C@H](C)NC(=O)[C@@H](NC(=O)[C@@H](CCCCCNC(=O)COC1CCCCC/C(NCCOCCOCCOCCOCCC(=O)NCCS(=O)(=O)O)=C\1NN)NC(=O)CCOCCOCCOCCOCCNC(=O)CCC(=O)N1Cc2ccccc2C#Cc2ccccc21)C(C)C. The highest BCUT2D eigenvalue weighted by Crippen LogP contribution is 2.27. The molecule has 0 saturated carbocycles. The van der Waals surface area contributed by atoms with Gasteiger partial charge in [0.15, 0.2) is 5.78 Å². The number of Topliss-reactive ketones (excluding diaryl/α,β-unsaturated/α-hetero) is 1. The zero-order valence-electron chi connectivity index (χ0n) is 60.2. The van der Waals surface area contributed by atoms with Gasteiger partial charge < -0.3 is 90.2 Å². The van der Waals surface area contributed by atoms with Crippen LogP contribution in [0.5, 0.6) is 0 Å². The summed E-state index contributed by atoms with van der Waals surface area (Å²) < 4.78 is 80.8. The van der Waals surface area contributed by atoms with Crippen molar-refractivity contribution >= 4 is 62.9 Å². The van der Waals surface area contributed by atoms with Gasteiger partial charge in [0.2, 0.25) is 41.4 Å². The summed E-state index contributed by atoms with van der Waals surface area (Å²) in [5.74, 6) is 8.43. The molecule has 11 N–H and O–H groups in total. The summed E-state index contributed by atoms with van der Waals surface area (Å²) in [5.41, 5.74) is 7.63. The van der Waals surface area contributed by atoms with Crippen molar-refractivity contribution < 1.29 is 94.0 Å². The molecule has 2 aromatic rings. The number of carbonyl (C=O) groups is 8. The van der Waals surface area contributed by atoms with Gasteiger partial charge in [0, 0.05) is 74.6 Å². The first-order valence-corrected chi connectivity index (χ1v) is 37.1. The summed E-state index contributed by atoms with van der Waals surface area (Å²) in [6.45, 7) is 14.2. The smallest absolute Gasteiger partial charge is 0.266 e. The van der Waals surface area contributed by atoms with Gasteiger partial charge in [-0.3, -0.25) is 48.8 Å². The van der Waals surface area contributed by atoms with Gasteiger partial charge in [0.25, 0.3) is 10.1 Å². The van der Waals surface area contributed by atoms with Crippen LogP contribution in [0, 0.1) is 23.7 Å². The molecule has 572 valence electrons. The maximum atomic E-state index is 13.9. The van der Waals surface area contributed by atoms with E-state index < -0.39 is 57.8 Å². The third-order valence-electron chi connectivity index (χ3n) is 16.1. The van der Waals surface area contributed by atoms with Crippen LogP contribution < -0.4 is 53.4 Å². The number of hydrazine groups is 1. The van der Waals surface area contributed by atoms with E-state index in [2.05, 4.69) is 54.5 Å². The van der Waals surface area contributed by atoms with Crippen LogP contribution in [-0.4, -0.2) is 229 Å². The van der Waals surface area contributed by atoms with E-state index in [0.717, 1.165) is 48.1 Å². The molecule has 1 aliphatic heterocycles. The number of nitrogens with two attached hydrogens (primary N) is 1. The minimum atomic E-state index is -4.14. The molecule has 0 spiro atoms. The number of allylic oxidation sites excluding steroid dienone is 1. The molecule has 7 amide bonds. The summed E-state index contributed by atoms with van der Waals surface area (Å²) in [6, 6.07) is 12.5. The lowest BCUT2D eigenvalue weighted by atomic mass is 9.99. The Morgan fingerprint density at radius 2 is 1.12 bits per heavy atom. The van der Waals surface area contributed by atoms with Crippen LogP contribution >= 0.6 is 0 Å². The number of ether oxygens (including phenoxy) is 9. The van der Waals surface area contributed by atoms with Crippen molar-refractivity contribution in [2.75, 3.05) is 149 Å². The topological polar surface area (TPSA) is 399 Å². The van der Waals surface area contributed by atoms with Crippen LogP contribution in [0.4, 0.5) is 5.69 Å². The van der Waals surface area contributed by atoms with Crippen molar-refractivity contribution in [1.29, 1.82) is 0 Å². The van der Waals surface area contributed by atoms with Crippen molar-refractivity contribution in [3.8, 4) is 11.8 Å². The Morgan fingerprint density at radius 3 is 1.74 bits per heavy atom. The summed E-state index contributed by atoms with van der Waals surface area (Å²) >= 11 is 0. The quantitative estimate of drug-likeness (QED) is 0.0149. The molecule has 0 fully saturated rings. The van der Waals surface area contributed by atoms with Gasteiger partial charge >= 0.3 is 0 Å². The van der Waals surface area contributed by atoms with E-state index in [1.54, 1.807) is 39.5 Å². The molecule has 1 aliphatic carbocycles. The first-order chi connectivity index (χ1) is 49.2. The number of benzene rings is 2. The van der Waals surface area contributed by atoms with Crippen LogP contribution in [-0.2, 0) is 97.7 Å². The number of anilines is 1.